The smallest absolute Gasteiger partial charge is 0.0723 e. The number of aliphatic hydroxyl groups excluding tert-OH is 1. The Bertz CT molecular complexity index is 484. The van der Waals surface area contributed by atoms with E-state index in [0.717, 1.165) is 42.9 Å². The second-order valence-electron chi connectivity index (χ2n) is 8.85. The molecule has 0 radical (unpaired) electrons. The first-order chi connectivity index (χ1) is 10.5. The van der Waals surface area contributed by atoms with Gasteiger partial charge in [-0.05, 0) is 86.9 Å². The van der Waals surface area contributed by atoms with Crippen LogP contribution < -0.4 is 0 Å². The zero-order valence-corrected chi connectivity index (χ0v) is 14.2. The van der Waals surface area contributed by atoms with Crippen LogP contribution in [-0.4, -0.2) is 21.9 Å². The molecule has 0 saturated heterocycles. The highest BCUT2D eigenvalue weighted by Gasteiger charge is 2.61. The van der Waals surface area contributed by atoms with E-state index in [1.54, 1.807) is 5.57 Å². The van der Waals surface area contributed by atoms with Crippen LogP contribution in [0.1, 0.15) is 71.6 Å². The summed E-state index contributed by atoms with van der Waals surface area (Å²) in [6.07, 6.45) is 12.3. The van der Waals surface area contributed by atoms with Gasteiger partial charge in [-0.15, -0.1) is 0 Å². The Balaban J connectivity index is 1.62. The van der Waals surface area contributed by atoms with Crippen molar-refractivity contribution in [2.24, 2.45) is 29.1 Å². The molecule has 22 heavy (non-hydrogen) atoms. The Morgan fingerprint density at radius 2 is 1.91 bits per heavy atom. The first-order valence-electron chi connectivity index (χ1n) is 9.59. The van der Waals surface area contributed by atoms with Gasteiger partial charge in [-0.3, -0.25) is 0 Å². The lowest BCUT2D eigenvalue weighted by molar-refractivity contribution is -0.119. The predicted molar refractivity (Wildman–Crippen MR) is 88.3 cm³/mol. The molecule has 0 spiro atoms. The largest absolute Gasteiger partial charge is 0.389 e. The average Bonchev–Trinajstić information content (AvgIpc) is 2.79. The molecule has 0 heterocycles. The van der Waals surface area contributed by atoms with Gasteiger partial charge >= 0.3 is 0 Å². The fourth-order valence-electron chi connectivity index (χ4n) is 7.00. The van der Waals surface area contributed by atoms with Crippen molar-refractivity contribution in [2.45, 2.75) is 83.3 Å². The Morgan fingerprint density at radius 3 is 2.68 bits per heavy atom. The minimum atomic E-state index is -0.415. The molecular formula is C20H32O2. The number of aliphatic hydroxyl groups is 2. The first-order valence-corrected chi connectivity index (χ1v) is 9.59. The maximum absolute atomic E-state index is 11.2. The van der Waals surface area contributed by atoms with E-state index < -0.39 is 5.60 Å². The van der Waals surface area contributed by atoms with Crippen LogP contribution in [0, 0.1) is 29.1 Å². The molecule has 2 N–H and O–H groups in total. The monoisotopic (exact) mass is 304 g/mol. The van der Waals surface area contributed by atoms with Crippen LogP contribution in [0.4, 0.5) is 0 Å². The molecule has 124 valence electrons. The highest BCUT2D eigenvalue weighted by Crippen LogP contribution is 2.65. The molecule has 2 heteroatoms. The van der Waals surface area contributed by atoms with Crippen molar-refractivity contribution >= 4 is 0 Å². The molecule has 2 nitrogen and oxygen atoms in total. The second kappa shape index (κ2) is 5.08. The highest BCUT2D eigenvalue weighted by atomic mass is 16.3. The van der Waals surface area contributed by atoms with Gasteiger partial charge in [0.15, 0.2) is 0 Å². The van der Waals surface area contributed by atoms with E-state index in [0.29, 0.717) is 0 Å². The molecule has 0 unspecified atom stereocenters. The summed E-state index contributed by atoms with van der Waals surface area (Å²) in [5.41, 5.74) is 1.30. The van der Waals surface area contributed by atoms with E-state index >= 15 is 0 Å². The van der Waals surface area contributed by atoms with Gasteiger partial charge in [0.1, 0.15) is 0 Å². The molecule has 0 amide bonds. The molecule has 0 bridgehead atoms. The molecule has 3 saturated carbocycles. The topological polar surface area (TPSA) is 40.5 Å². The number of fused-ring (bicyclic) bond motifs is 5. The zero-order chi connectivity index (χ0) is 15.5. The molecule has 4 aliphatic rings. The minimum Gasteiger partial charge on any atom is -0.389 e. The lowest BCUT2D eigenvalue weighted by Gasteiger charge is -2.56. The second-order valence-corrected chi connectivity index (χ2v) is 8.85. The van der Waals surface area contributed by atoms with Gasteiger partial charge in [-0.2, -0.15) is 0 Å². The highest BCUT2D eigenvalue weighted by molar-refractivity contribution is 5.21. The first kappa shape index (κ1) is 15.2. The summed E-state index contributed by atoms with van der Waals surface area (Å²) in [6, 6.07) is 0. The van der Waals surface area contributed by atoms with Crippen LogP contribution in [0.15, 0.2) is 11.6 Å². The van der Waals surface area contributed by atoms with Crippen LogP contribution in [-0.2, 0) is 0 Å². The van der Waals surface area contributed by atoms with Crippen molar-refractivity contribution in [1.82, 2.24) is 0 Å². The van der Waals surface area contributed by atoms with Crippen molar-refractivity contribution in [3.05, 3.63) is 11.6 Å². The summed E-state index contributed by atoms with van der Waals surface area (Å²) < 4.78 is 0. The summed E-state index contributed by atoms with van der Waals surface area (Å²) in [6.45, 7) is 4.56. The van der Waals surface area contributed by atoms with Crippen LogP contribution in [0.2, 0.25) is 0 Å². The van der Waals surface area contributed by atoms with E-state index in [4.69, 9.17) is 0 Å². The minimum absolute atomic E-state index is 0.151. The third-order valence-corrected chi connectivity index (χ3v) is 8.34. The van der Waals surface area contributed by atoms with Gasteiger partial charge in [0.2, 0.25) is 0 Å². The maximum atomic E-state index is 11.2. The summed E-state index contributed by atoms with van der Waals surface area (Å²) in [5, 5.41) is 21.1. The summed E-state index contributed by atoms with van der Waals surface area (Å²) >= 11 is 0. The lowest BCUT2D eigenvalue weighted by atomic mass is 9.50. The lowest BCUT2D eigenvalue weighted by Crippen LogP contribution is -2.52. The molecule has 0 aliphatic heterocycles. The van der Waals surface area contributed by atoms with Gasteiger partial charge in [0.25, 0.3) is 0 Å². The SMILES string of the molecule is CC[C@]1(O)CC[C@H]2[C@@H]3CCC4=C[C@@H](O)CC[C@@H]4[C@H]3CC[C@@]21C. The van der Waals surface area contributed by atoms with E-state index in [1.165, 1.54) is 38.5 Å². The van der Waals surface area contributed by atoms with Gasteiger partial charge in [-0.1, -0.05) is 25.5 Å². The molecule has 0 aromatic rings. The third-order valence-electron chi connectivity index (χ3n) is 8.34. The average molecular weight is 304 g/mol. The van der Waals surface area contributed by atoms with E-state index in [2.05, 4.69) is 19.9 Å². The zero-order valence-electron chi connectivity index (χ0n) is 14.2. The van der Waals surface area contributed by atoms with Crippen molar-refractivity contribution in [3.8, 4) is 0 Å². The van der Waals surface area contributed by atoms with Gasteiger partial charge in [0, 0.05) is 0 Å². The van der Waals surface area contributed by atoms with Crippen molar-refractivity contribution in [2.75, 3.05) is 0 Å². The summed E-state index contributed by atoms with van der Waals surface area (Å²) in [4.78, 5) is 0. The van der Waals surface area contributed by atoms with Crippen LogP contribution in [0.3, 0.4) is 0 Å². The van der Waals surface area contributed by atoms with Crippen LogP contribution in [0.25, 0.3) is 0 Å². The molecule has 3 fully saturated rings. The predicted octanol–water partition coefficient (Wildman–Crippen LogP) is 4.06. The summed E-state index contributed by atoms with van der Waals surface area (Å²) in [5.74, 6) is 3.10. The number of hydrogen-bond donors (Lipinski definition) is 2. The normalized spacial score (nSPS) is 54.2. The van der Waals surface area contributed by atoms with Crippen molar-refractivity contribution < 1.29 is 10.2 Å². The van der Waals surface area contributed by atoms with Gasteiger partial charge in [0.05, 0.1) is 11.7 Å². The fourth-order valence-corrected chi connectivity index (χ4v) is 7.00. The Kier molecular flexibility index (Phi) is 3.51. The quantitative estimate of drug-likeness (QED) is 0.717. The molecule has 4 rings (SSSR count). The molecule has 0 aromatic heterocycles. The summed E-state index contributed by atoms with van der Waals surface area (Å²) in [7, 11) is 0. The van der Waals surface area contributed by atoms with Gasteiger partial charge in [-0.25, -0.2) is 0 Å². The standard InChI is InChI=1S/C20H32O2/c1-3-20(22)11-9-18-17-6-4-13-12-14(21)5-7-15(13)16(17)8-10-19(18,20)2/h12,14-18,21-22H,3-11H2,1-2H3/t14-,15-,16+,17+,18-,19-,20-/m0/s1. The number of hydrogen-bond acceptors (Lipinski definition) is 2. The van der Waals surface area contributed by atoms with Crippen molar-refractivity contribution in [3.63, 3.8) is 0 Å². The van der Waals surface area contributed by atoms with Gasteiger partial charge < -0.3 is 10.2 Å². The van der Waals surface area contributed by atoms with Crippen molar-refractivity contribution in [1.29, 1.82) is 0 Å². The van der Waals surface area contributed by atoms with E-state index in [-0.39, 0.29) is 11.5 Å². The van der Waals surface area contributed by atoms with E-state index in [1.807, 2.05) is 0 Å². The Hall–Kier alpha value is -0.340. The molecule has 4 aliphatic carbocycles. The van der Waals surface area contributed by atoms with Crippen LogP contribution in [0.5, 0.6) is 0 Å². The fraction of sp³-hybridized carbons (Fsp3) is 0.900. The Morgan fingerprint density at radius 1 is 1.09 bits per heavy atom. The Labute approximate surface area is 135 Å². The third kappa shape index (κ3) is 1.92. The molecule has 0 aromatic carbocycles. The van der Waals surface area contributed by atoms with E-state index in [9.17, 15) is 10.2 Å². The molecular weight excluding hydrogens is 272 g/mol. The number of rotatable bonds is 1. The van der Waals surface area contributed by atoms with Crippen LogP contribution >= 0.6 is 0 Å². The number of allylic oxidation sites excluding steroid dienone is 1. The maximum Gasteiger partial charge on any atom is 0.0723 e. The molecule has 7 atom stereocenters.